The largest absolute Gasteiger partial charge is 0.379 e. The molecule has 0 spiro atoms. The maximum atomic E-state index is 12.3. The second-order valence-electron chi connectivity index (χ2n) is 6.30. The zero-order valence-electron chi connectivity index (χ0n) is 13.8. The molecule has 1 aromatic carbocycles. The van der Waals surface area contributed by atoms with Gasteiger partial charge in [0.1, 0.15) is 0 Å². The number of carbonyl (C=O) groups excluding carboxylic acids is 1. The molecule has 2 heterocycles. The van der Waals surface area contributed by atoms with Crippen LogP contribution in [-0.2, 0) is 9.53 Å². The average Bonchev–Trinajstić information content (AvgIpc) is 2.97. The fourth-order valence-electron chi connectivity index (χ4n) is 3.35. The van der Waals surface area contributed by atoms with Crippen LogP contribution >= 0.6 is 11.8 Å². The molecular formula is C18H26N2O2S. The van der Waals surface area contributed by atoms with Crippen molar-refractivity contribution >= 4 is 17.7 Å². The molecule has 23 heavy (non-hydrogen) atoms. The van der Waals surface area contributed by atoms with Gasteiger partial charge in [0.2, 0.25) is 5.91 Å². The predicted octanol–water partition coefficient (Wildman–Crippen LogP) is 2.41. The Bertz CT molecular complexity index is 505. The van der Waals surface area contributed by atoms with Crippen LogP contribution in [0.4, 0.5) is 0 Å². The summed E-state index contributed by atoms with van der Waals surface area (Å²) in [5.74, 6) is 1.29. The monoisotopic (exact) mass is 334 g/mol. The first-order chi connectivity index (χ1) is 11.3. The minimum absolute atomic E-state index is 0.273. The van der Waals surface area contributed by atoms with E-state index >= 15 is 0 Å². The van der Waals surface area contributed by atoms with Crippen molar-refractivity contribution in [1.82, 2.24) is 9.80 Å². The first-order valence-corrected chi connectivity index (χ1v) is 9.56. The summed E-state index contributed by atoms with van der Waals surface area (Å²) in [6.07, 6.45) is 1.05. The van der Waals surface area contributed by atoms with Crippen molar-refractivity contribution in [3.63, 3.8) is 0 Å². The summed E-state index contributed by atoms with van der Waals surface area (Å²) in [6, 6.07) is 10.5. The van der Waals surface area contributed by atoms with E-state index in [9.17, 15) is 4.79 Å². The van der Waals surface area contributed by atoms with E-state index in [1.54, 1.807) is 11.8 Å². The van der Waals surface area contributed by atoms with Crippen molar-refractivity contribution in [2.75, 3.05) is 45.1 Å². The van der Waals surface area contributed by atoms with E-state index in [0.29, 0.717) is 17.6 Å². The molecule has 0 aromatic heterocycles. The van der Waals surface area contributed by atoms with E-state index in [1.807, 2.05) is 6.07 Å². The summed E-state index contributed by atoms with van der Waals surface area (Å²) in [4.78, 5) is 16.8. The molecule has 1 amide bonds. The number of ether oxygens (including phenoxy) is 1. The van der Waals surface area contributed by atoms with E-state index in [4.69, 9.17) is 4.74 Å². The van der Waals surface area contributed by atoms with Gasteiger partial charge in [-0.2, -0.15) is 0 Å². The summed E-state index contributed by atoms with van der Waals surface area (Å²) in [7, 11) is 0. The van der Waals surface area contributed by atoms with Gasteiger partial charge in [0.05, 0.1) is 24.3 Å². The minimum Gasteiger partial charge on any atom is -0.379 e. The van der Waals surface area contributed by atoms with E-state index in [0.717, 1.165) is 45.8 Å². The first kappa shape index (κ1) is 16.8. The lowest BCUT2D eigenvalue weighted by Gasteiger charge is -2.31. The third kappa shape index (κ3) is 4.28. The van der Waals surface area contributed by atoms with Crippen LogP contribution in [0.25, 0.3) is 0 Å². The van der Waals surface area contributed by atoms with Crippen molar-refractivity contribution in [2.45, 2.75) is 24.6 Å². The SMILES string of the molecule is CC(c1ccccc1)C1SCC(=O)N1CCCN1CCOCC1. The number of hydrogen-bond donors (Lipinski definition) is 0. The Kier molecular flexibility index (Phi) is 5.97. The maximum absolute atomic E-state index is 12.3. The fourth-order valence-corrected chi connectivity index (χ4v) is 4.68. The molecule has 4 nitrogen and oxygen atoms in total. The molecule has 0 saturated carbocycles. The van der Waals surface area contributed by atoms with Crippen LogP contribution in [0.3, 0.4) is 0 Å². The van der Waals surface area contributed by atoms with E-state index in [-0.39, 0.29) is 5.37 Å². The Morgan fingerprint density at radius 2 is 1.96 bits per heavy atom. The molecule has 0 radical (unpaired) electrons. The highest BCUT2D eigenvalue weighted by Gasteiger charge is 2.35. The molecule has 2 aliphatic heterocycles. The Labute approximate surface area is 143 Å². The summed E-state index contributed by atoms with van der Waals surface area (Å²) >= 11 is 1.79. The molecule has 0 N–H and O–H groups in total. The van der Waals surface area contributed by atoms with Crippen LogP contribution < -0.4 is 0 Å². The second kappa shape index (κ2) is 8.18. The summed E-state index contributed by atoms with van der Waals surface area (Å²) in [5, 5.41) is 0.273. The first-order valence-electron chi connectivity index (χ1n) is 8.52. The van der Waals surface area contributed by atoms with E-state index in [2.05, 4.69) is 41.0 Å². The molecule has 2 atom stereocenters. The normalized spacial score (nSPS) is 24.1. The lowest BCUT2D eigenvalue weighted by Crippen LogP contribution is -2.40. The molecule has 2 saturated heterocycles. The van der Waals surface area contributed by atoms with Gasteiger partial charge in [0.15, 0.2) is 0 Å². The van der Waals surface area contributed by atoms with Crippen LogP contribution in [0.2, 0.25) is 0 Å². The van der Waals surface area contributed by atoms with Gasteiger partial charge in [0.25, 0.3) is 0 Å². The molecule has 2 fully saturated rings. The number of hydrogen-bond acceptors (Lipinski definition) is 4. The summed E-state index contributed by atoms with van der Waals surface area (Å²) in [5.41, 5.74) is 1.32. The van der Waals surface area contributed by atoms with Crippen LogP contribution in [0.1, 0.15) is 24.8 Å². The highest BCUT2D eigenvalue weighted by atomic mass is 32.2. The Morgan fingerprint density at radius 3 is 2.70 bits per heavy atom. The van der Waals surface area contributed by atoms with Gasteiger partial charge in [0, 0.05) is 32.1 Å². The quantitative estimate of drug-likeness (QED) is 0.800. The van der Waals surface area contributed by atoms with Crippen molar-refractivity contribution < 1.29 is 9.53 Å². The average molecular weight is 334 g/mol. The zero-order chi connectivity index (χ0) is 16.1. The molecule has 2 aliphatic rings. The number of nitrogens with zero attached hydrogens (tertiary/aromatic N) is 2. The number of benzene rings is 1. The van der Waals surface area contributed by atoms with Gasteiger partial charge in [-0.05, 0) is 12.0 Å². The number of amides is 1. The Balaban J connectivity index is 1.54. The highest BCUT2D eigenvalue weighted by Crippen LogP contribution is 2.36. The van der Waals surface area contributed by atoms with Crippen molar-refractivity contribution in [3.8, 4) is 0 Å². The van der Waals surface area contributed by atoms with Crippen molar-refractivity contribution in [1.29, 1.82) is 0 Å². The molecule has 0 aliphatic carbocycles. The van der Waals surface area contributed by atoms with Gasteiger partial charge in [-0.1, -0.05) is 37.3 Å². The van der Waals surface area contributed by atoms with Crippen LogP contribution in [-0.4, -0.2) is 66.2 Å². The van der Waals surface area contributed by atoms with Gasteiger partial charge in [-0.15, -0.1) is 11.8 Å². The lowest BCUT2D eigenvalue weighted by atomic mass is 10.0. The second-order valence-corrected chi connectivity index (χ2v) is 7.40. The number of morpholine rings is 1. The maximum Gasteiger partial charge on any atom is 0.233 e. The van der Waals surface area contributed by atoms with Gasteiger partial charge >= 0.3 is 0 Å². The third-order valence-corrected chi connectivity index (χ3v) is 6.15. The van der Waals surface area contributed by atoms with Gasteiger partial charge in [-0.25, -0.2) is 0 Å². The molecule has 1 aromatic rings. The molecule has 5 heteroatoms. The number of carbonyl (C=O) groups is 1. The van der Waals surface area contributed by atoms with E-state index in [1.165, 1.54) is 5.56 Å². The smallest absolute Gasteiger partial charge is 0.233 e. The number of rotatable bonds is 6. The third-order valence-electron chi connectivity index (χ3n) is 4.74. The standard InChI is InChI=1S/C18H26N2O2S/c1-15(16-6-3-2-4-7-16)18-20(17(21)14-23-18)9-5-8-19-10-12-22-13-11-19/h2-4,6-7,15,18H,5,8-14H2,1H3. The van der Waals surface area contributed by atoms with Crippen LogP contribution in [0.5, 0.6) is 0 Å². The van der Waals surface area contributed by atoms with Crippen molar-refractivity contribution in [3.05, 3.63) is 35.9 Å². The summed E-state index contributed by atoms with van der Waals surface area (Å²) in [6.45, 7) is 7.88. The van der Waals surface area contributed by atoms with Gasteiger partial charge in [-0.3, -0.25) is 9.69 Å². The number of thioether (sulfide) groups is 1. The molecular weight excluding hydrogens is 308 g/mol. The highest BCUT2D eigenvalue weighted by molar-refractivity contribution is 8.01. The fraction of sp³-hybridized carbons (Fsp3) is 0.611. The molecule has 3 rings (SSSR count). The minimum atomic E-state index is 0.273. The van der Waals surface area contributed by atoms with Crippen molar-refractivity contribution in [2.24, 2.45) is 0 Å². The lowest BCUT2D eigenvalue weighted by molar-refractivity contribution is -0.128. The Hall–Kier alpha value is -1.04. The molecule has 0 bridgehead atoms. The molecule has 2 unspecified atom stereocenters. The van der Waals surface area contributed by atoms with E-state index < -0.39 is 0 Å². The van der Waals surface area contributed by atoms with Crippen LogP contribution in [0.15, 0.2) is 30.3 Å². The van der Waals surface area contributed by atoms with Crippen LogP contribution in [0, 0.1) is 0 Å². The predicted molar refractivity (Wildman–Crippen MR) is 94.7 cm³/mol. The van der Waals surface area contributed by atoms with Gasteiger partial charge < -0.3 is 9.64 Å². The topological polar surface area (TPSA) is 32.8 Å². The molecule has 126 valence electrons. The zero-order valence-corrected chi connectivity index (χ0v) is 14.6. The summed E-state index contributed by atoms with van der Waals surface area (Å²) < 4.78 is 5.38. The Morgan fingerprint density at radius 1 is 1.22 bits per heavy atom.